The van der Waals surface area contributed by atoms with Crippen molar-refractivity contribution in [3.63, 3.8) is 0 Å². The van der Waals surface area contributed by atoms with Gasteiger partial charge in [0.25, 0.3) is 9.05 Å². The zero-order chi connectivity index (χ0) is 17.8. The maximum atomic E-state index is 12.2. The molecule has 0 fully saturated rings. The highest BCUT2D eigenvalue weighted by Crippen LogP contribution is 2.26. The van der Waals surface area contributed by atoms with Gasteiger partial charge in [0.05, 0.1) is 17.9 Å². The van der Waals surface area contributed by atoms with Crippen molar-refractivity contribution < 1.29 is 35.9 Å². The smallest absolute Gasteiger partial charge is 0.466 e. The van der Waals surface area contributed by atoms with E-state index in [1.807, 2.05) is 0 Å². The van der Waals surface area contributed by atoms with Gasteiger partial charge in [-0.25, -0.2) is 8.42 Å². The van der Waals surface area contributed by atoms with Crippen molar-refractivity contribution in [3.8, 4) is 0 Å². The summed E-state index contributed by atoms with van der Waals surface area (Å²) in [6.45, 7) is 1.56. The molecule has 0 bridgehead atoms. The van der Waals surface area contributed by atoms with Crippen LogP contribution in [0, 0.1) is 0 Å². The van der Waals surface area contributed by atoms with E-state index in [9.17, 15) is 31.2 Å². The van der Waals surface area contributed by atoms with Crippen molar-refractivity contribution in [2.45, 2.75) is 24.4 Å². The van der Waals surface area contributed by atoms with Crippen molar-refractivity contribution in [2.75, 3.05) is 11.9 Å². The van der Waals surface area contributed by atoms with Gasteiger partial charge >= 0.3 is 18.1 Å². The molecule has 0 saturated heterocycles. The Balaban J connectivity index is 3.19. The molecule has 23 heavy (non-hydrogen) atoms. The fraction of sp³-hybridized carbons (Fsp3) is 0.333. The first-order valence-electron chi connectivity index (χ1n) is 6.06. The van der Waals surface area contributed by atoms with Crippen LogP contribution >= 0.6 is 10.7 Å². The zero-order valence-corrected chi connectivity index (χ0v) is 13.2. The molecule has 128 valence electrons. The topological polar surface area (TPSA) is 89.5 Å². The highest BCUT2D eigenvalue weighted by Gasteiger charge is 2.38. The molecule has 0 aliphatic heterocycles. The maximum absolute atomic E-state index is 12.2. The van der Waals surface area contributed by atoms with E-state index in [2.05, 4.69) is 4.74 Å². The van der Waals surface area contributed by atoms with Crippen LogP contribution in [0.2, 0.25) is 0 Å². The first kappa shape index (κ1) is 19.2. The number of ether oxygens (including phenoxy) is 1. The number of nitrogens with one attached hydrogen (secondary N) is 1. The van der Waals surface area contributed by atoms with Crippen molar-refractivity contribution in [3.05, 3.63) is 23.8 Å². The van der Waals surface area contributed by atoms with Gasteiger partial charge in [-0.05, 0) is 30.7 Å². The molecule has 0 radical (unpaired) electrons. The van der Waals surface area contributed by atoms with Crippen LogP contribution in [0.5, 0.6) is 0 Å². The number of carbonyl (C=O) groups excluding carboxylic acids is 2. The van der Waals surface area contributed by atoms with E-state index in [1.54, 1.807) is 5.32 Å². The molecule has 1 amide bonds. The number of anilines is 1. The zero-order valence-electron chi connectivity index (χ0n) is 11.6. The summed E-state index contributed by atoms with van der Waals surface area (Å²) in [5.74, 6) is -3.03. The van der Waals surface area contributed by atoms with E-state index in [-0.39, 0.29) is 17.9 Å². The molecule has 0 atom stereocenters. The molecule has 0 aliphatic rings. The molecular weight excluding hydrogens is 363 g/mol. The predicted octanol–water partition coefficient (Wildman–Crippen LogP) is 2.22. The van der Waals surface area contributed by atoms with Gasteiger partial charge in [-0.15, -0.1) is 0 Å². The molecule has 0 aromatic heterocycles. The van der Waals surface area contributed by atoms with Crippen molar-refractivity contribution in [1.82, 2.24) is 0 Å². The number of hydrogen-bond donors (Lipinski definition) is 1. The SMILES string of the molecule is CCOC(=O)Cc1cc(NC(=O)C(F)(F)F)ccc1S(=O)(=O)Cl. The third-order valence-corrected chi connectivity index (χ3v) is 3.90. The van der Waals surface area contributed by atoms with Gasteiger partial charge in [0.1, 0.15) is 0 Å². The highest BCUT2D eigenvalue weighted by molar-refractivity contribution is 8.13. The summed E-state index contributed by atoms with van der Waals surface area (Å²) in [6, 6.07) is 2.73. The summed E-state index contributed by atoms with van der Waals surface area (Å²) in [6.07, 6.45) is -5.65. The summed E-state index contributed by atoms with van der Waals surface area (Å²) in [5, 5.41) is 1.55. The molecule has 0 spiro atoms. The van der Waals surface area contributed by atoms with E-state index in [0.717, 1.165) is 18.2 Å². The van der Waals surface area contributed by atoms with E-state index >= 15 is 0 Å². The highest BCUT2D eigenvalue weighted by atomic mass is 35.7. The van der Waals surface area contributed by atoms with Gasteiger partial charge in [0, 0.05) is 16.4 Å². The van der Waals surface area contributed by atoms with Crippen LogP contribution in [0.25, 0.3) is 0 Å². The number of alkyl halides is 3. The molecule has 6 nitrogen and oxygen atoms in total. The number of halogens is 4. The Kier molecular flexibility index (Phi) is 6.00. The van der Waals surface area contributed by atoms with Crippen molar-refractivity contribution >= 4 is 37.3 Å². The monoisotopic (exact) mass is 373 g/mol. The Morgan fingerprint density at radius 3 is 2.39 bits per heavy atom. The third-order valence-electron chi connectivity index (χ3n) is 2.48. The summed E-state index contributed by atoms with van der Waals surface area (Å²) in [4.78, 5) is 21.9. The van der Waals surface area contributed by atoms with Crippen molar-refractivity contribution in [1.29, 1.82) is 0 Å². The van der Waals surface area contributed by atoms with Gasteiger partial charge in [0.2, 0.25) is 0 Å². The van der Waals surface area contributed by atoms with Gasteiger partial charge in [-0.3, -0.25) is 9.59 Å². The minimum absolute atomic E-state index is 0.0340. The molecule has 1 N–H and O–H groups in total. The first-order chi connectivity index (χ1) is 10.4. The Hall–Kier alpha value is -1.81. The average Bonchev–Trinajstić information content (AvgIpc) is 2.36. The Morgan fingerprint density at radius 2 is 1.91 bits per heavy atom. The average molecular weight is 374 g/mol. The predicted molar refractivity (Wildman–Crippen MR) is 74.5 cm³/mol. The van der Waals surface area contributed by atoms with Crippen LogP contribution in [-0.2, 0) is 29.8 Å². The molecule has 0 saturated carbocycles. The van der Waals surface area contributed by atoms with Crippen LogP contribution in [0.15, 0.2) is 23.1 Å². The Bertz CT molecular complexity index is 718. The lowest BCUT2D eigenvalue weighted by Crippen LogP contribution is -2.30. The third kappa shape index (κ3) is 5.71. The number of rotatable bonds is 5. The first-order valence-corrected chi connectivity index (χ1v) is 8.37. The van der Waals surface area contributed by atoms with E-state index in [1.165, 1.54) is 6.92 Å². The summed E-state index contributed by atoms with van der Waals surface area (Å²) >= 11 is 0. The van der Waals surface area contributed by atoms with Crippen LogP contribution in [-0.4, -0.2) is 33.1 Å². The summed E-state index contributed by atoms with van der Waals surface area (Å²) < 4.78 is 64.1. The number of esters is 1. The van der Waals surface area contributed by atoms with Crippen LogP contribution in [0.1, 0.15) is 12.5 Å². The summed E-state index contributed by atoms with van der Waals surface area (Å²) in [7, 11) is 0.969. The molecule has 0 heterocycles. The summed E-state index contributed by atoms with van der Waals surface area (Å²) in [5.41, 5.74) is -0.533. The molecule has 0 unspecified atom stereocenters. The van der Waals surface area contributed by atoms with Gasteiger partial charge in [-0.2, -0.15) is 13.2 Å². The quantitative estimate of drug-likeness (QED) is 0.631. The number of benzene rings is 1. The van der Waals surface area contributed by atoms with Gasteiger partial charge in [-0.1, -0.05) is 0 Å². The maximum Gasteiger partial charge on any atom is 0.471 e. The van der Waals surface area contributed by atoms with Crippen LogP contribution in [0.4, 0.5) is 18.9 Å². The molecular formula is C12H11ClF3NO5S. The van der Waals surface area contributed by atoms with Gasteiger partial charge in [0.15, 0.2) is 0 Å². The largest absolute Gasteiger partial charge is 0.471 e. The molecule has 0 aliphatic carbocycles. The van der Waals surface area contributed by atoms with E-state index < -0.39 is 38.4 Å². The Labute approximate surface area is 134 Å². The van der Waals surface area contributed by atoms with E-state index in [4.69, 9.17) is 10.7 Å². The second-order valence-corrected chi connectivity index (χ2v) is 6.73. The second kappa shape index (κ2) is 7.18. The lowest BCUT2D eigenvalue weighted by Gasteiger charge is -2.11. The molecule has 1 aromatic rings. The number of hydrogen-bond acceptors (Lipinski definition) is 5. The lowest BCUT2D eigenvalue weighted by atomic mass is 10.1. The molecule has 1 rings (SSSR count). The lowest BCUT2D eigenvalue weighted by molar-refractivity contribution is -0.167. The fourth-order valence-electron chi connectivity index (χ4n) is 1.60. The van der Waals surface area contributed by atoms with Crippen LogP contribution < -0.4 is 5.32 Å². The molecule has 11 heteroatoms. The number of carbonyl (C=O) groups is 2. The minimum atomic E-state index is -5.11. The van der Waals surface area contributed by atoms with Crippen LogP contribution in [0.3, 0.4) is 0 Å². The second-order valence-electron chi connectivity index (χ2n) is 4.19. The fourth-order valence-corrected chi connectivity index (χ4v) is 2.73. The molecule has 1 aromatic carbocycles. The normalized spacial score (nSPS) is 11.9. The van der Waals surface area contributed by atoms with Crippen molar-refractivity contribution in [2.24, 2.45) is 0 Å². The standard InChI is InChI=1S/C12H11ClF3NO5S/c1-2-22-10(18)6-7-5-8(17-11(19)12(14,15)16)3-4-9(7)23(13,20)21/h3-5H,2,6H2,1H3,(H,17,19). The minimum Gasteiger partial charge on any atom is -0.466 e. The van der Waals surface area contributed by atoms with Gasteiger partial charge < -0.3 is 10.1 Å². The van der Waals surface area contributed by atoms with E-state index in [0.29, 0.717) is 0 Å². The Morgan fingerprint density at radius 1 is 1.30 bits per heavy atom. The number of amides is 1.